The molecule has 18 N–H and O–H groups in total. The van der Waals surface area contributed by atoms with Crippen LogP contribution in [-0.2, 0) is 47.4 Å². The number of allylic oxidation sites excluding steroid dienone is 2. The van der Waals surface area contributed by atoms with E-state index in [4.69, 9.17) is 47.4 Å². The number of ether oxygens (including phenoxy) is 10. The maximum absolute atomic E-state index is 12.9. The Morgan fingerprint density at radius 1 is 0.477 bits per heavy atom. The van der Waals surface area contributed by atoms with Gasteiger partial charge in [0, 0.05) is 0 Å². The van der Waals surface area contributed by atoms with Gasteiger partial charge in [-0.3, -0.25) is 0 Å². The Morgan fingerprint density at radius 2 is 0.943 bits per heavy atom. The van der Waals surface area contributed by atoms with Gasteiger partial charge in [-0.2, -0.15) is 0 Å². The zero-order valence-electron chi connectivity index (χ0n) is 51.5. The van der Waals surface area contributed by atoms with Crippen LogP contribution in [0.2, 0.25) is 0 Å². The second kappa shape index (κ2) is 27.4. The third-order valence-corrected chi connectivity index (χ3v) is 23.0. The molecule has 28 heteroatoms. The number of fused-ring (bicyclic) bond motifs is 5. The van der Waals surface area contributed by atoms with Crippen LogP contribution in [0, 0.1) is 45.3 Å². The fraction of sp³-hybridized carbons (Fsp3) is 0.967. The Balaban J connectivity index is 0.900. The van der Waals surface area contributed by atoms with Crippen LogP contribution in [0.4, 0.5) is 0 Å². The number of hydrogen-bond donors (Lipinski definition) is 18. The lowest BCUT2D eigenvalue weighted by Gasteiger charge is -2.71. The molecule has 0 spiro atoms. The minimum atomic E-state index is -1.92. The summed E-state index contributed by atoms with van der Waals surface area (Å²) >= 11 is 0. The first-order valence-corrected chi connectivity index (χ1v) is 31.4. The summed E-state index contributed by atoms with van der Waals surface area (Å²) in [5.74, 6) is -0.658. The Morgan fingerprint density at radius 3 is 1.50 bits per heavy atom. The molecular weight excluding hydrogens is 1170 g/mol. The molecule has 0 aromatic rings. The van der Waals surface area contributed by atoms with Crippen molar-refractivity contribution >= 4 is 0 Å². The Hall–Kier alpha value is -1.38. The minimum Gasteiger partial charge on any atom is -0.394 e. The van der Waals surface area contributed by atoms with Gasteiger partial charge in [-0.1, -0.05) is 46.3 Å². The topological polar surface area (TPSA) is 456 Å². The summed E-state index contributed by atoms with van der Waals surface area (Å²) in [5, 5.41) is 195. The first kappa shape index (κ1) is 70.9. The second-order valence-corrected chi connectivity index (χ2v) is 28.6. The lowest BCUT2D eigenvalue weighted by molar-refractivity contribution is -0.378. The lowest BCUT2D eigenvalue weighted by atomic mass is 9.35. The van der Waals surface area contributed by atoms with E-state index in [-0.39, 0.29) is 34.5 Å². The first-order chi connectivity index (χ1) is 41.3. The number of aliphatic hydroxyl groups is 18. The molecule has 5 saturated heterocycles. The smallest absolute Gasteiger partial charge is 0.187 e. The molecule has 9 fully saturated rings. The van der Waals surface area contributed by atoms with Gasteiger partial charge in [0.25, 0.3) is 0 Å². The van der Waals surface area contributed by atoms with E-state index in [1.807, 2.05) is 20.8 Å². The van der Waals surface area contributed by atoms with Crippen LogP contribution in [0.1, 0.15) is 113 Å². The van der Waals surface area contributed by atoms with Crippen molar-refractivity contribution in [3.63, 3.8) is 0 Å². The highest BCUT2D eigenvalue weighted by Crippen LogP contribution is 2.76. The molecule has 0 aromatic heterocycles. The molecule has 9 aliphatic rings. The van der Waals surface area contributed by atoms with Crippen LogP contribution in [0.5, 0.6) is 0 Å². The summed E-state index contributed by atoms with van der Waals surface area (Å²) in [6.45, 7) is 13.3. The lowest BCUT2D eigenvalue weighted by Crippen LogP contribution is -2.68. The van der Waals surface area contributed by atoms with Crippen molar-refractivity contribution < 1.29 is 139 Å². The monoisotopic (exact) mass is 1270 g/mol. The molecular formula is C60H102O28. The molecule has 4 saturated carbocycles. The zero-order chi connectivity index (χ0) is 64.7. The summed E-state index contributed by atoms with van der Waals surface area (Å²) in [5.41, 5.74) is -1.86. The maximum Gasteiger partial charge on any atom is 0.187 e. The first-order valence-electron chi connectivity index (χ1n) is 31.4. The SMILES string of the molecule is CC(C)=CCC[C@](C)(O[C@@H]1O[C@H](CO[C@@H]2O[C@H](CO)[C@@H](O[C@H]3O[C@H](CO)[C@@H](O)[C@H](O)[C@H]3O)[C@H](O)[C@H]2O)[C@@H](O)[C@H](O)[C@H]1O)[C@H]1CC[C@]2(C)[C@@H]1[C@H](O)C[C@@H]1[C@@]3(C)CC[C@H](O[C@@H]4O[C@H](CO)[C@@H](O)[C@H](O)[C@H]4O[C@@H]4O[C@H](CO)[C@@H](O)[C@H](O)[C@H]4O)C(C)(C)C3CC[C@]12C. The average molecular weight is 1270 g/mol. The molecule has 0 amide bonds. The van der Waals surface area contributed by atoms with E-state index in [1.54, 1.807) is 0 Å². The van der Waals surface area contributed by atoms with E-state index in [2.05, 4.69) is 40.7 Å². The van der Waals surface area contributed by atoms with Gasteiger partial charge in [-0.15, -0.1) is 0 Å². The van der Waals surface area contributed by atoms with Crippen molar-refractivity contribution in [1.82, 2.24) is 0 Å². The van der Waals surface area contributed by atoms with Crippen LogP contribution in [0.3, 0.4) is 0 Å². The normalized spacial score (nSPS) is 52.9. The molecule has 35 atom stereocenters. The Bertz CT molecular complexity index is 2320. The molecule has 1 unspecified atom stereocenters. The molecule has 9 rings (SSSR count). The number of rotatable bonds is 19. The van der Waals surface area contributed by atoms with Crippen LogP contribution >= 0.6 is 0 Å². The van der Waals surface area contributed by atoms with Crippen molar-refractivity contribution in [1.29, 1.82) is 0 Å². The molecule has 510 valence electrons. The van der Waals surface area contributed by atoms with E-state index >= 15 is 0 Å². The quantitative estimate of drug-likeness (QED) is 0.0429. The maximum atomic E-state index is 12.9. The van der Waals surface area contributed by atoms with Crippen LogP contribution in [0.25, 0.3) is 0 Å². The summed E-state index contributed by atoms with van der Waals surface area (Å²) < 4.78 is 60.6. The third kappa shape index (κ3) is 12.6. The second-order valence-electron chi connectivity index (χ2n) is 28.6. The Kier molecular flexibility index (Phi) is 22.1. The summed E-state index contributed by atoms with van der Waals surface area (Å²) in [6, 6.07) is 0. The average Bonchev–Trinajstić information content (AvgIpc) is 1.27. The van der Waals surface area contributed by atoms with Gasteiger partial charge in [0.1, 0.15) is 122 Å². The molecule has 5 aliphatic heterocycles. The minimum absolute atomic E-state index is 0.00190. The van der Waals surface area contributed by atoms with Gasteiger partial charge >= 0.3 is 0 Å². The van der Waals surface area contributed by atoms with Crippen LogP contribution in [-0.4, -0.2) is 296 Å². The molecule has 5 heterocycles. The largest absolute Gasteiger partial charge is 0.394 e. The fourth-order valence-electron chi connectivity index (χ4n) is 17.7. The standard InChI is InChI=1S/C60H102O28/c1-24(2)10-9-14-60(8,88-54-47(77)42(72)39(69)31(84-54)23-79-51-48(78)44(74)49(30(22-64)83-51)86-52-45(75)40(70)36(66)27(19-61)80-52)25-11-16-59(7)35(25)26(65)18-33-57(5)15-13-34(56(3,4)32(57)12-17-58(33,59)6)85-55-50(43(73)38(68)29(21-63)82-55)87-53-46(76)41(71)37(67)28(20-62)81-53/h10,25-55,61-78H,9,11-23H2,1-8H3/t25-,26+,27+,28+,29+,30+,31+,32?,33+,34-,35-,36+,37+,38+,39+,40-,41-,42-,43-,44+,45+,46+,47+,48+,49+,50+,51+,52+,53-,54-,55-,57-,58+,59+,60-/m0/s1. The highest BCUT2D eigenvalue weighted by atomic mass is 16.8. The van der Waals surface area contributed by atoms with Gasteiger partial charge in [-0.25, -0.2) is 0 Å². The highest BCUT2D eigenvalue weighted by Gasteiger charge is 2.72. The van der Waals surface area contributed by atoms with Crippen molar-refractivity contribution in [3.8, 4) is 0 Å². The van der Waals surface area contributed by atoms with Crippen molar-refractivity contribution in [3.05, 3.63) is 11.6 Å². The predicted molar refractivity (Wildman–Crippen MR) is 299 cm³/mol. The van der Waals surface area contributed by atoms with E-state index in [9.17, 15) is 91.9 Å². The highest BCUT2D eigenvalue weighted by molar-refractivity contribution is 5.21. The van der Waals surface area contributed by atoms with Crippen molar-refractivity contribution in [2.24, 2.45) is 45.3 Å². The van der Waals surface area contributed by atoms with E-state index < -0.39 is 215 Å². The molecule has 4 aliphatic carbocycles. The van der Waals surface area contributed by atoms with E-state index in [1.165, 1.54) is 0 Å². The number of aliphatic hydroxyl groups excluding tert-OH is 18. The predicted octanol–water partition coefficient (Wildman–Crippen LogP) is -4.38. The van der Waals surface area contributed by atoms with Crippen LogP contribution < -0.4 is 0 Å². The third-order valence-electron chi connectivity index (χ3n) is 23.0. The van der Waals surface area contributed by atoms with Crippen LogP contribution in [0.15, 0.2) is 11.6 Å². The molecule has 0 radical (unpaired) electrons. The molecule has 88 heavy (non-hydrogen) atoms. The van der Waals surface area contributed by atoms with Crippen molar-refractivity contribution in [2.45, 2.75) is 285 Å². The van der Waals surface area contributed by atoms with E-state index in [0.29, 0.717) is 44.9 Å². The van der Waals surface area contributed by atoms with Crippen molar-refractivity contribution in [2.75, 3.05) is 33.0 Å². The molecule has 0 bridgehead atoms. The summed E-state index contributed by atoms with van der Waals surface area (Å²) in [7, 11) is 0. The molecule has 0 aromatic carbocycles. The zero-order valence-corrected chi connectivity index (χ0v) is 51.5. The van der Waals surface area contributed by atoms with Gasteiger partial charge in [0.2, 0.25) is 0 Å². The van der Waals surface area contributed by atoms with Gasteiger partial charge in [-0.05, 0) is 124 Å². The number of hydrogen-bond acceptors (Lipinski definition) is 28. The van der Waals surface area contributed by atoms with Gasteiger partial charge in [0.15, 0.2) is 31.5 Å². The fourth-order valence-corrected chi connectivity index (χ4v) is 17.7. The van der Waals surface area contributed by atoms with Gasteiger partial charge < -0.3 is 139 Å². The summed E-state index contributed by atoms with van der Waals surface area (Å²) in [6.07, 6.45) is -35.6. The summed E-state index contributed by atoms with van der Waals surface area (Å²) in [4.78, 5) is 0. The Labute approximate surface area is 512 Å². The van der Waals surface area contributed by atoms with Gasteiger partial charge in [0.05, 0.1) is 50.8 Å². The molecule has 28 nitrogen and oxygen atoms in total. The van der Waals surface area contributed by atoms with E-state index in [0.717, 1.165) is 18.4 Å².